The molecule has 1 fully saturated rings. The Labute approximate surface area is 117 Å². The molecule has 1 saturated heterocycles. The normalized spacial score (nSPS) is 22.1. The molecule has 0 bridgehead atoms. The van der Waals surface area contributed by atoms with Gasteiger partial charge in [-0.3, -0.25) is 4.68 Å². The van der Waals surface area contributed by atoms with Crippen LogP contribution < -0.4 is 10.6 Å². The smallest absolute Gasteiger partial charge is 0.0641 e. The van der Waals surface area contributed by atoms with E-state index in [2.05, 4.69) is 55.0 Å². The third-order valence-electron chi connectivity index (χ3n) is 4.38. The first kappa shape index (κ1) is 14.5. The molecule has 2 heterocycles. The zero-order valence-corrected chi connectivity index (χ0v) is 13.0. The second kappa shape index (κ2) is 5.63. The number of aryl methyl sites for hydroxylation is 2. The van der Waals surface area contributed by atoms with Crippen LogP contribution in [0.2, 0.25) is 0 Å². The molecule has 1 aliphatic rings. The number of hydrogen-bond acceptors (Lipinski definition) is 3. The summed E-state index contributed by atoms with van der Waals surface area (Å²) < 4.78 is 2.14. The van der Waals surface area contributed by atoms with Gasteiger partial charge in [-0.1, -0.05) is 6.92 Å². The van der Waals surface area contributed by atoms with Crippen LogP contribution in [0.4, 0.5) is 0 Å². The molecule has 19 heavy (non-hydrogen) atoms. The second-order valence-corrected chi connectivity index (χ2v) is 6.24. The highest BCUT2D eigenvalue weighted by Gasteiger charge is 2.33. The van der Waals surface area contributed by atoms with Crippen LogP contribution in [0.15, 0.2) is 0 Å². The minimum absolute atomic E-state index is 0.196. The first-order valence-electron chi connectivity index (χ1n) is 7.47. The van der Waals surface area contributed by atoms with Crippen LogP contribution in [0.5, 0.6) is 0 Å². The number of aromatic nitrogens is 2. The van der Waals surface area contributed by atoms with E-state index in [0.717, 1.165) is 26.1 Å². The van der Waals surface area contributed by atoms with Crippen molar-refractivity contribution >= 4 is 0 Å². The van der Waals surface area contributed by atoms with Gasteiger partial charge < -0.3 is 10.6 Å². The molecule has 4 heteroatoms. The number of nitrogens with zero attached hydrogens (tertiary/aromatic N) is 2. The summed E-state index contributed by atoms with van der Waals surface area (Å²) in [4.78, 5) is 0. The van der Waals surface area contributed by atoms with Crippen molar-refractivity contribution in [3.8, 4) is 0 Å². The van der Waals surface area contributed by atoms with E-state index in [4.69, 9.17) is 0 Å². The van der Waals surface area contributed by atoms with Gasteiger partial charge in [-0.05, 0) is 47.1 Å². The van der Waals surface area contributed by atoms with Crippen LogP contribution in [0.3, 0.4) is 0 Å². The molecular weight excluding hydrogens is 236 g/mol. The minimum Gasteiger partial charge on any atom is -0.310 e. The summed E-state index contributed by atoms with van der Waals surface area (Å²) in [6.45, 7) is 14.1. The molecule has 0 saturated carbocycles. The molecule has 0 unspecified atom stereocenters. The Morgan fingerprint density at radius 3 is 2.74 bits per heavy atom. The Bertz CT molecular complexity index is 434. The van der Waals surface area contributed by atoms with Crippen molar-refractivity contribution in [2.75, 3.05) is 6.54 Å². The average Bonchev–Trinajstić information content (AvgIpc) is 2.79. The first-order chi connectivity index (χ1) is 8.95. The molecule has 0 amide bonds. The van der Waals surface area contributed by atoms with Gasteiger partial charge >= 0.3 is 0 Å². The summed E-state index contributed by atoms with van der Waals surface area (Å²) in [6.07, 6.45) is 2.34. The van der Waals surface area contributed by atoms with Crippen LogP contribution in [-0.2, 0) is 13.1 Å². The lowest BCUT2D eigenvalue weighted by Gasteiger charge is -2.28. The Hall–Kier alpha value is -0.870. The number of nitrogens with one attached hydrogen (secondary N) is 2. The molecule has 1 atom stereocenters. The van der Waals surface area contributed by atoms with Crippen LogP contribution >= 0.6 is 0 Å². The average molecular weight is 264 g/mol. The first-order valence-corrected chi connectivity index (χ1v) is 7.47. The van der Waals surface area contributed by atoms with Gasteiger partial charge in [0.2, 0.25) is 0 Å². The predicted octanol–water partition coefficient (Wildman–Crippen LogP) is 2.14. The highest BCUT2D eigenvalue weighted by molar-refractivity contribution is 5.24. The lowest BCUT2D eigenvalue weighted by atomic mass is 9.96. The lowest BCUT2D eigenvalue weighted by Crippen LogP contribution is -2.48. The van der Waals surface area contributed by atoms with Gasteiger partial charge in [0.15, 0.2) is 0 Å². The molecule has 4 nitrogen and oxygen atoms in total. The fourth-order valence-corrected chi connectivity index (χ4v) is 3.02. The SMILES string of the molecule is CCCn1nc(C)c(CN[C@@H]2CCNC2(C)C)c1C. The maximum atomic E-state index is 4.64. The fourth-order valence-electron chi connectivity index (χ4n) is 3.02. The summed E-state index contributed by atoms with van der Waals surface area (Å²) in [6, 6.07) is 0.542. The van der Waals surface area contributed by atoms with Gasteiger partial charge in [0.05, 0.1) is 5.69 Å². The lowest BCUT2D eigenvalue weighted by molar-refractivity contribution is 0.350. The van der Waals surface area contributed by atoms with Crippen LogP contribution in [0.25, 0.3) is 0 Å². The summed E-state index contributed by atoms with van der Waals surface area (Å²) in [5.74, 6) is 0. The van der Waals surface area contributed by atoms with Crippen molar-refractivity contribution in [2.24, 2.45) is 0 Å². The Kier molecular flexibility index (Phi) is 4.31. The molecule has 0 spiro atoms. The zero-order chi connectivity index (χ0) is 14.0. The van der Waals surface area contributed by atoms with Crippen molar-refractivity contribution in [3.63, 3.8) is 0 Å². The maximum Gasteiger partial charge on any atom is 0.0641 e. The molecule has 2 rings (SSSR count). The van der Waals surface area contributed by atoms with Gasteiger partial charge in [0.25, 0.3) is 0 Å². The van der Waals surface area contributed by atoms with Crippen LogP contribution in [0.1, 0.15) is 50.6 Å². The zero-order valence-electron chi connectivity index (χ0n) is 13.0. The van der Waals surface area contributed by atoms with E-state index >= 15 is 0 Å². The molecular formula is C15H28N4. The van der Waals surface area contributed by atoms with Crippen molar-refractivity contribution in [3.05, 3.63) is 17.0 Å². The highest BCUT2D eigenvalue weighted by Crippen LogP contribution is 2.20. The molecule has 1 aromatic heterocycles. The number of hydrogen-bond donors (Lipinski definition) is 2. The predicted molar refractivity (Wildman–Crippen MR) is 79.3 cm³/mol. The van der Waals surface area contributed by atoms with E-state index in [9.17, 15) is 0 Å². The minimum atomic E-state index is 0.196. The molecule has 1 aromatic rings. The highest BCUT2D eigenvalue weighted by atomic mass is 15.3. The molecule has 0 radical (unpaired) electrons. The van der Waals surface area contributed by atoms with Gasteiger partial charge in [-0.15, -0.1) is 0 Å². The van der Waals surface area contributed by atoms with Gasteiger partial charge in [-0.25, -0.2) is 0 Å². The summed E-state index contributed by atoms with van der Waals surface area (Å²) in [7, 11) is 0. The summed E-state index contributed by atoms with van der Waals surface area (Å²) in [5, 5.41) is 11.9. The summed E-state index contributed by atoms with van der Waals surface area (Å²) in [5.41, 5.74) is 4.05. The summed E-state index contributed by atoms with van der Waals surface area (Å²) >= 11 is 0. The molecule has 108 valence electrons. The standard InChI is InChI=1S/C15H28N4/c1-6-9-19-12(3)13(11(2)18-19)10-16-14-7-8-17-15(14,4)5/h14,16-17H,6-10H2,1-5H3/t14-/m1/s1. The van der Waals surface area contributed by atoms with Crippen LogP contribution in [-0.4, -0.2) is 27.9 Å². The fraction of sp³-hybridized carbons (Fsp3) is 0.800. The van der Waals surface area contributed by atoms with E-state index < -0.39 is 0 Å². The van der Waals surface area contributed by atoms with Gasteiger partial charge in [-0.2, -0.15) is 5.10 Å². The van der Waals surface area contributed by atoms with Crippen molar-refractivity contribution in [1.29, 1.82) is 0 Å². The second-order valence-electron chi connectivity index (χ2n) is 6.24. The Morgan fingerprint density at radius 1 is 1.42 bits per heavy atom. The molecule has 2 N–H and O–H groups in total. The molecule has 0 aromatic carbocycles. The van der Waals surface area contributed by atoms with E-state index in [1.165, 1.54) is 23.4 Å². The number of rotatable bonds is 5. The topological polar surface area (TPSA) is 41.9 Å². The molecule has 1 aliphatic heterocycles. The van der Waals surface area contributed by atoms with Crippen molar-refractivity contribution < 1.29 is 0 Å². The largest absolute Gasteiger partial charge is 0.310 e. The van der Waals surface area contributed by atoms with Crippen molar-refractivity contribution in [1.82, 2.24) is 20.4 Å². The van der Waals surface area contributed by atoms with Gasteiger partial charge in [0, 0.05) is 35.9 Å². The third kappa shape index (κ3) is 3.00. The Morgan fingerprint density at radius 2 is 2.16 bits per heavy atom. The van der Waals surface area contributed by atoms with Gasteiger partial charge in [0.1, 0.15) is 0 Å². The third-order valence-corrected chi connectivity index (χ3v) is 4.38. The molecule has 0 aliphatic carbocycles. The van der Waals surface area contributed by atoms with E-state index in [1.807, 2.05) is 0 Å². The monoisotopic (exact) mass is 264 g/mol. The van der Waals surface area contributed by atoms with Crippen LogP contribution in [0, 0.1) is 13.8 Å². The van der Waals surface area contributed by atoms with Crippen molar-refractivity contribution in [2.45, 2.75) is 72.1 Å². The van der Waals surface area contributed by atoms with E-state index in [0.29, 0.717) is 6.04 Å². The quantitative estimate of drug-likeness (QED) is 0.856. The Balaban J connectivity index is 2.03. The van der Waals surface area contributed by atoms with E-state index in [-0.39, 0.29) is 5.54 Å². The maximum absolute atomic E-state index is 4.64. The van der Waals surface area contributed by atoms with E-state index in [1.54, 1.807) is 0 Å².